The lowest BCUT2D eigenvalue weighted by atomic mass is 10.0. The van der Waals surface area contributed by atoms with Gasteiger partial charge in [0.2, 0.25) is 5.88 Å². The topological polar surface area (TPSA) is 43.4 Å². The van der Waals surface area contributed by atoms with Crippen LogP contribution in [0.2, 0.25) is 0 Å². The first-order valence-corrected chi connectivity index (χ1v) is 6.62. The van der Waals surface area contributed by atoms with Gasteiger partial charge >= 0.3 is 0 Å². The van der Waals surface area contributed by atoms with E-state index in [2.05, 4.69) is 17.2 Å². The van der Waals surface area contributed by atoms with Gasteiger partial charge in [0.25, 0.3) is 0 Å². The van der Waals surface area contributed by atoms with Gasteiger partial charge in [0.15, 0.2) is 0 Å². The quantitative estimate of drug-likeness (QED) is 0.872. The second kappa shape index (κ2) is 6.05. The number of nitrogens with one attached hydrogen (secondary N) is 1. The molecule has 0 bridgehead atoms. The molecule has 4 heteroatoms. The van der Waals surface area contributed by atoms with Gasteiger partial charge in [-0.05, 0) is 39.3 Å². The zero-order valence-corrected chi connectivity index (χ0v) is 11.3. The van der Waals surface area contributed by atoms with Crippen LogP contribution in [0.4, 0.5) is 5.69 Å². The summed E-state index contributed by atoms with van der Waals surface area (Å²) in [6.07, 6.45) is 3.01. The van der Waals surface area contributed by atoms with Crippen molar-refractivity contribution < 1.29 is 9.47 Å². The maximum absolute atomic E-state index is 5.70. The Balaban J connectivity index is 2.03. The van der Waals surface area contributed by atoms with Crippen LogP contribution in [0.1, 0.15) is 27.2 Å². The Labute approximate surface area is 109 Å². The van der Waals surface area contributed by atoms with Crippen LogP contribution in [0, 0.1) is 5.92 Å². The van der Waals surface area contributed by atoms with E-state index < -0.39 is 0 Å². The van der Waals surface area contributed by atoms with Crippen molar-refractivity contribution in [2.75, 3.05) is 18.5 Å². The molecule has 0 radical (unpaired) electrons. The average molecular weight is 250 g/mol. The number of nitrogens with zero attached hydrogens (tertiary/aromatic N) is 1. The summed E-state index contributed by atoms with van der Waals surface area (Å²) in [5.41, 5.74) is 0.964. The second-order valence-corrected chi connectivity index (χ2v) is 5.08. The minimum Gasteiger partial charge on any atom is -0.473 e. The predicted molar refractivity (Wildman–Crippen MR) is 72.0 cm³/mol. The summed E-state index contributed by atoms with van der Waals surface area (Å²) in [6, 6.07) is 4.30. The number of ether oxygens (including phenoxy) is 2. The highest BCUT2D eigenvalue weighted by Gasteiger charge is 2.23. The van der Waals surface area contributed by atoms with Crippen molar-refractivity contribution in [1.29, 1.82) is 0 Å². The molecule has 1 aliphatic rings. The van der Waals surface area contributed by atoms with Gasteiger partial charge in [0.1, 0.15) is 0 Å². The third-order valence-corrected chi connectivity index (χ3v) is 3.17. The van der Waals surface area contributed by atoms with Crippen LogP contribution in [-0.2, 0) is 4.74 Å². The molecule has 2 heterocycles. The van der Waals surface area contributed by atoms with Crippen LogP contribution >= 0.6 is 0 Å². The van der Waals surface area contributed by atoms with E-state index in [4.69, 9.17) is 9.47 Å². The molecule has 2 unspecified atom stereocenters. The molecule has 1 fully saturated rings. The molecule has 1 N–H and O–H groups in total. The number of hydrogen-bond donors (Lipinski definition) is 1. The Kier molecular flexibility index (Phi) is 4.42. The van der Waals surface area contributed by atoms with Crippen molar-refractivity contribution >= 4 is 5.69 Å². The maximum atomic E-state index is 5.70. The van der Waals surface area contributed by atoms with E-state index in [0.29, 0.717) is 17.8 Å². The van der Waals surface area contributed by atoms with Gasteiger partial charge < -0.3 is 14.8 Å². The summed E-state index contributed by atoms with van der Waals surface area (Å²) >= 11 is 0. The third-order valence-electron chi connectivity index (χ3n) is 3.17. The van der Waals surface area contributed by atoms with Gasteiger partial charge in [0, 0.05) is 24.8 Å². The Bertz CT molecular complexity index is 376. The van der Waals surface area contributed by atoms with E-state index in [1.807, 2.05) is 26.0 Å². The maximum Gasteiger partial charge on any atom is 0.237 e. The van der Waals surface area contributed by atoms with E-state index in [9.17, 15) is 0 Å². The molecule has 18 heavy (non-hydrogen) atoms. The van der Waals surface area contributed by atoms with Crippen molar-refractivity contribution in [2.24, 2.45) is 5.92 Å². The van der Waals surface area contributed by atoms with Crippen molar-refractivity contribution in [1.82, 2.24) is 4.98 Å². The second-order valence-electron chi connectivity index (χ2n) is 5.08. The highest BCUT2D eigenvalue weighted by Crippen LogP contribution is 2.26. The van der Waals surface area contributed by atoms with Crippen LogP contribution in [-0.4, -0.2) is 30.3 Å². The lowest BCUT2D eigenvalue weighted by molar-refractivity contribution is 0.183. The first-order valence-electron chi connectivity index (χ1n) is 6.62. The molecule has 1 saturated heterocycles. The van der Waals surface area contributed by atoms with Crippen molar-refractivity contribution in [3.05, 3.63) is 18.3 Å². The number of aromatic nitrogens is 1. The molecular weight excluding hydrogens is 228 g/mol. The molecular formula is C14H22N2O2. The smallest absolute Gasteiger partial charge is 0.237 e. The Morgan fingerprint density at radius 2 is 2.28 bits per heavy atom. The van der Waals surface area contributed by atoms with Crippen molar-refractivity contribution in [2.45, 2.75) is 39.3 Å². The Morgan fingerprint density at radius 1 is 1.44 bits per heavy atom. The van der Waals surface area contributed by atoms with Gasteiger partial charge in [-0.1, -0.05) is 0 Å². The molecule has 2 atom stereocenters. The molecule has 2 rings (SSSR count). The zero-order valence-electron chi connectivity index (χ0n) is 11.3. The Morgan fingerprint density at radius 3 is 2.94 bits per heavy atom. The third kappa shape index (κ3) is 3.35. The van der Waals surface area contributed by atoms with Crippen LogP contribution in [0.5, 0.6) is 5.88 Å². The van der Waals surface area contributed by atoms with Gasteiger partial charge in [-0.3, -0.25) is 0 Å². The normalized spacial score (nSPS) is 21.0. The van der Waals surface area contributed by atoms with Gasteiger partial charge in [-0.15, -0.1) is 0 Å². The molecule has 0 saturated carbocycles. The fourth-order valence-corrected chi connectivity index (χ4v) is 2.13. The number of pyridine rings is 1. The van der Waals surface area contributed by atoms with Gasteiger partial charge in [-0.2, -0.15) is 0 Å². The van der Waals surface area contributed by atoms with Crippen molar-refractivity contribution in [3.63, 3.8) is 0 Å². The molecule has 100 valence electrons. The summed E-state index contributed by atoms with van der Waals surface area (Å²) in [6.45, 7) is 7.92. The zero-order chi connectivity index (χ0) is 13.0. The van der Waals surface area contributed by atoms with Crippen LogP contribution in [0.15, 0.2) is 18.3 Å². The molecule has 0 aromatic carbocycles. The molecule has 1 aliphatic heterocycles. The van der Waals surface area contributed by atoms with Gasteiger partial charge in [-0.25, -0.2) is 4.98 Å². The minimum absolute atomic E-state index is 0.130. The molecule has 1 aromatic rings. The molecule has 0 amide bonds. The Hall–Kier alpha value is -1.29. The fraction of sp³-hybridized carbons (Fsp3) is 0.643. The lowest BCUT2D eigenvalue weighted by Crippen LogP contribution is -2.26. The van der Waals surface area contributed by atoms with Crippen LogP contribution in [0.3, 0.4) is 0 Å². The highest BCUT2D eigenvalue weighted by atomic mass is 16.5. The van der Waals surface area contributed by atoms with E-state index in [-0.39, 0.29) is 6.10 Å². The average Bonchev–Trinajstić information content (AvgIpc) is 2.84. The number of rotatable bonds is 5. The summed E-state index contributed by atoms with van der Waals surface area (Å²) in [4.78, 5) is 4.28. The number of anilines is 1. The molecule has 0 spiro atoms. The predicted octanol–water partition coefficient (Wildman–Crippen LogP) is 2.71. The minimum atomic E-state index is 0.130. The van der Waals surface area contributed by atoms with Crippen LogP contribution < -0.4 is 10.1 Å². The fourth-order valence-electron chi connectivity index (χ4n) is 2.13. The summed E-state index contributed by atoms with van der Waals surface area (Å²) in [5, 5.41) is 3.49. The standard InChI is InChI=1S/C14H22N2O2/c1-10(2)18-14-13(5-4-7-15-14)16-11(3)12-6-8-17-9-12/h4-5,7,10-12,16H,6,8-9H2,1-3H3. The first-order chi connectivity index (χ1) is 8.66. The van der Waals surface area contributed by atoms with Gasteiger partial charge in [0.05, 0.1) is 18.4 Å². The van der Waals surface area contributed by atoms with E-state index in [0.717, 1.165) is 25.3 Å². The molecule has 0 aliphatic carbocycles. The highest BCUT2D eigenvalue weighted by molar-refractivity contribution is 5.52. The van der Waals surface area contributed by atoms with E-state index in [1.165, 1.54) is 0 Å². The van der Waals surface area contributed by atoms with E-state index in [1.54, 1.807) is 6.20 Å². The summed E-state index contributed by atoms with van der Waals surface area (Å²) < 4.78 is 11.1. The SMILES string of the molecule is CC(C)Oc1ncccc1NC(C)C1CCOC1. The molecule has 4 nitrogen and oxygen atoms in total. The lowest BCUT2D eigenvalue weighted by Gasteiger charge is -2.22. The first kappa shape index (κ1) is 13.1. The number of hydrogen-bond acceptors (Lipinski definition) is 4. The molecule has 1 aromatic heterocycles. The van der Waals surface area contributed by atoms with Crippen LogP contribution in [0.25, 0.3) is 0 Å². The monoisotopic (exact) mass is 250 g/mol. The van der Waals surface area contributed by atoms with E-state index >= 15 is 0 Å². The van der Waals surface area contributed by atoms with Crippen molar-refractivity contribution in [3.8, 4) is 5.88 Å². The largest absolute Gasteiger partial charge is 0.473 e. The summed E-state index contributed by atoms with van der Waals surface area (Å²) in [5.74, 6) is 1.25. The summed E-state index contributed by atoms with van der Waals surface area (Å²) in [7, 11) is 0.